The molecule has 40 heavy (non-hydrogen) atoms. The van der Waals surface area contributed by atoms with Gasteiger partial charge in [-0.05, 0) is 30.5 Å². The van der Waals surface area contributed by atoms with E-state index in [0.29, 0.717) is 47.4 Å². The average molecular weight is 559 g/mol. The first-order chi connectivity index (χ1) is 19.4. The van der Waals surface area contributed by atoms with Crippen LogP contribution in [0.2, 0.25) is 0 Å². The predicted molar refractivity (Wildman–Crippen MR) is 151 cm³/mol. The number of carbonyl (C=O) groups is 2. The Morgan fingerprint density at radius 2 is 1.98 bits per heavy atom. The van der Waals surface area contributed by atoms with Crippen molar-refractivity contribution in [2.75, 3.05) is 26.0 Å². The Hall–Kier alpha value is -4.16. The minimum Gasteiger partial charge on any atom is -0.375 e. The van der Waals surface area contributed by atoms with Crippen LogP contribution in [-0.4, -0.2) is 67.2 Å². The second kappa shape index (κ2) is 10.4. The van der Waals surface area contributed by atoms with Crippen molar-refractivity contribution in [3.05, 3.63) is 59.2 Å². The smallest absolute Gasteiger partial charge is 0.271 e. The van der Waals surface area contributed by atoms with Gasteiger partial charge in [-0.1, -0.05) is 31.0 Å². The highest BCUT2D eigenvalue weighted by atomic mass is 32.1. The van der Waals surface area contributed by atoms with Crippen LogP contribution in [0.25, 0.3) is 22.0 Å². The highest BCUT2D eigenvalue weighted by Crippen LogP contribution is 2.36. The van der Waals surface area contributed by atoms with Crippen molar-refractivity contribution in [3.63, 3.8) is 0 Å². The second-order valence-corrected chi connectivity index (χ2v) is 11.1. The molecule has 206 valence electrons. The zero-order valence-corrected chi connectivity index (χ0v) is 23.1. The standard InChI is InChI=1S/C28H30N8O3S/c1-29-24(37)21-15-23(36(34-21)19-8-3-4-9-19)33-27-30-12-10-20(32-27)22-16-40-25(31-22)17-6-5-7-18(14-17)28(39)11-13-35(2)26(28)38/h5-7,10,12,14-16,19,39H,3-4,8-9,11,13H2,1-2H3,(H,29,37)(H,30,32,33)/t28-/m1/s1. The number of rotatable bonds is 7. The van der Waals surface area contributed by atoms with Crippen LogP contribution in [0.4, 0.5) is 11.8 Å². The van der Waals surface area contributed by atoms with Gasteiger partial charge < -0.3 is 20.6 Å². The summed E-state index contributed by atoms with van der Waals surface area (Å²) >= 11 is 1.46. The van der Waals surface area contributed by atoms with Crippen LogP contribution < -0.4 is 10.6 Å². The van der Waals surface area contributed by atoms with E-state index < -0.39 is 5.60 Å². The Morgan fingerprint density at radius 1 is 1.15 bits per heavy atom. The molecule has 1 aliphatic carbocycles. The second-order valence-electron chi connectivity index (χ2n) is 10.2. The van der Waals surface area contributed by atoms with Crippen molar-refractivity contribution in [2.24, 2.45) is 0 Å². The van der Waals surface area contributed by atoms with E-state index in [4.69, 9.17) is 4.98 Å². The Morgan fingerprint density at radius 3 is 2.73 bits per heavy atom. The number of carbonyl (C=O) groups excluding carboxylic acids is 2. The molecule has 2 amide bonds. The van der Waals surface area contributed by atoms with Crippen molar-refractivity contribution >= 4 is 34.9 Å². The van der Waals surface area contributed by atoms with Crippen molar-refractivity contribution in [1.82, 2.24) is 34.9 Å². The van der Waals surface area contributed by atoms with E-state index in [1.54, 1.807) is 43.4 Å². The maximum absolute atomic E-state index is 12.6. The first-order valence-corrected chi connectivity index (χ1v) is 14.2. The molecule has 0 bridgehead atoms. The monoisotopic (exact) mass is 558 g/mol. The maximum atomic E-state index is 12.6. The number of thiazole rings is 1. The van der Waals surface area contributed by atoms with Crippen LogP contribution in [0, 0.1) is 0 Å². The van der Waals surface area contributed by atoms with E-state index in [2.05, 4.69) is 25.7 Å². The number of likely N-dealkylation sites (tertiary alicyclic amines) is 1. The van der Waals surface area contributed by atoms with Gasteiger partial charge in [-0.15, -0.1) is 11.3 Å². The predicted octanol–water partition coefficient (Wildman–Crippen LogP) is 3.73. The molecule has 4 heterocycles. The molecule has 12 heteroatoms. The number of anilines is 2. The number of aliphatic hydroxyl groups is 1. The number of nitrogens with one attached hydrogen (secondary N) is 2. The highest BCUT2D eigenvalue weighted by Gasteiger charge is 2.45. The van der Waals surface area contributed by atoms with Gasteiger partial charge in [0.2, 0.25) is 5.95 Å². The number of hydrogen-bond donors (Lipinski definition) is 3. The van der Waals surface area contributed by atoms with Crippen molar-refractivity contribution in [2.45, 2.75) is 43.7 Å². The molecule has 3 aromatic heterocycles. The van der Waals surface area contributed by atoms with Crippen LogP contribution in [-0.2, 0) is 10.4 Å². The fraction of sp³-hybridized carbons (Fsp3) is 0.357. The van der Waals surface area contributed by atoms with Gasteiger partial charge in [-0.2, -0.15) is 5.10 Å². The van der Waals surface area contributed by atoms with E-state index in [0.717, 1.165) is 36.3 Å². The van der Waals surface area contributed by atoms with E-state index >= 15 is 0 Å². The number of hydrogen-bond acceptors (Lipinski definition) is 9. The number of benzene rings is 1. The zero-order chi connectivity index (χ0) is 27.9. The van der Waals surface area contributed by atoms with Crippen molar-refractivity contribution < 1.29 is 14.7 Å². The Bertz CT molecular complexity index is 1580. The van der Waals surface area contributed by atoms with E-state index in [9.17, 15) is 14.7 Å². The van der Waals surface area contributed by atoms with Crippen LogP contribution in [0.3, 0.4) is 0 Å². The lowest BCUT2D eigenvalue weighted by Crippen LogP contribution is -2.36. The molecule has 4 aromatic rings. The van der Waals surface area contributed by atoms with Gasteiger partial charge in [0, 0.05) is 50.3 Å². The quantitative estimate of drug-likeness (QED) is 0.312. The molecule has 1 aromatic carbocycles. The third-order valence-corrected chi connectivity index (χ3v) is 8.52. The third kappa shape index (κ3) is 4.73. The van der Waals surface area contributed by atoms with Crippen LogP contribution in [0.1, 0.15) is 54.2 Å². The summed E-state index contributed by atoms with van der Waals surface area (Å²) in [6.45, 7) is 0.513. The fourth-order valence-electron chi connectivity index (χ4n) is 5.39. The lowest BCUT2D eigenvalue weighted by atomic mass is 9.91. The fourth-order valence-corrected chi connectivity index (χ4v) is 6.20. The molecule has 11 nitrogen and oxygen atoms in total. The highest BCUT2D eigenvalue weighted by molar-refractivity contribution is 7.13. The van der Waals surface area contributed by atoms with E-state index in [-0.39, 0.29) is 17.9 Å². The van der Waals surface area contributed by atoms with Crippen LogP contribution in [0.5, 0.6) is 0 Å². The lowest BCUT2D eigenvalue weighted by molar-refractivity contribution is -0.143. The summed E-state index contributed by atoms with van der Waals surface area (Å²) in [7, 11) is 3.29. The molecule has 1 saturated heterocycles. The Balaban J connectivity index is 1.26. The normalized spacial score (nSPS) is 19.4. The van der Waals surface area contributed by atoms with E-state index in [1.165, 1.54) is 11.3 Å². The van der Waals surface area contributed by atoms with Gasteiger partial charge in [-0.3, -0.25) is 9.59 Å². The summed E-state index contributed by atoms with van der Waals surface area (Å²) < 4.78 is 1.88. The summed E-state index contributed by atoms with van der Waals surface area (Å²) in [5.74, 6) is 0.512. The van der Waals surface area contributed by atoms with Gasteiger partial charge in [0.25, 0.3) is 11.8 Å². The maximum Gasteiger partial charge on any atom is 0.271 e. The van der Waals surface area contributed by atoms with Crippen molar-refractivity contribution in [1.29, 1.82) is 0 Å². The molecule has 2 fully saturated rings. The zero-order valence-electron chi connectivity index (χ0n) is 22.3. The molecule has 3 N–H and O–H groups in total. The molecular formula is C28H30N8O3S. The van der Waals surface area contributed by atoms with Gasteiger partial charge in [0.15, 0.2) is 11.3 Å². The molecule has 1 aliphatic heterocycles. The number of amides is 2. The number of likely N-dealkylation sites (N-methyl/N-ethyl adjacent to an activating group) is 1. The molecule has 2 aliphatic rings. The first-order valence-electron chi connectivity index (χ1n) is 13.3. The summed E-state index contributed by atoms with van der Waals surface area (Å²) in [6, 6.07) is 11.1. The SMILES string of the molecule is CNC(=O)c1cc(Nc2nccc(-c3csc(-c4cccc([C@]5(O)CCN(C)C5=O)c4)n3)n2)n(C2CCCC2)n1. The summed E-state index contributed by atoms with van der Waals surface area (Å²) in [4.78, 5) is 40.3. The summed E-state index contributed by atoms with van der Waals surface area (Å²) in [6.07, 6.45) is 6.30. The average Bonchev–Trinajstić information content (AvgIpc) is 3.79. The molecule has 0 spiro atoms. The lowest BCUT2D eigenvalue weighted by Gasteiger charge is -2.21. The first kappa shape index (κ1) is 26.1. The molecule has 1 saturated carbocycles. The molecule has 6 rings (SSSR count). The molecular weight excluding hydrogens is 528 g/mol. The Labute approximate surface area is 235 Å². The molecule has 1 atom stereocenters. The Kier molecular flexibility index (Phi) is 6.80. The van der Waals surface area contributed by atoms with E-state index in [1.807, 2.05) is 28.3 Å². The molecule has 0 unspecified atom stereocenters. The van der Waals surface area contributed by atoms with Gasteiger partial charge in [-0.25, -0.2) is 19.6 Å². The third-order valence-electron chi connectivity index (χ3n) is 7.62. The minimum atomic E-state index is -1.51. The topological polar surface area (TPSA) is 138 Å². The van der Waals surface area contributed by atoms with Crippen molar-refractivity contribution in [3.8, 4) is 22.0 Å². The van der Waals surface area contributed by atoms with Crippen LogP contribution >= 0.6 is 11.3 Å². The summed E-state index contributed by atoms with van der Waals surface area (Å²) in [5.41, 5.74) is 1.54. The van der Waals surface area contributed by atoms with Gasteiger partial charge in [0.1, 0.15) is 16.5 Å². The van der Waals surface area contributed by atoms with Gasteiger partial charge in [0.05, 0.1) is 11.7 Å². The molecule has 0 radical (unpaired) electrons. The number of nitrogens with zero attached hydrogens (tertiary/aromatic N) is 6. The van der Waals surface area contributed by atoms with Gasteiger partial charge >= 0.3 is 0 Å². The minimum absolute atomic E-state index is 0.221. The summed E-state index contributed by atoms with van der Waals surface area (Å²) in [5, 5.41) is 24.2. The van der Waals surface area contributed by atoms with Crippen LogP contribution in [0.15, 0.2) is 48.0 Å². The number of aromatic nitrogens is 5. The largest absolute Gasteiger partial charge is 0.375 e.